The molecule has 1 atom stereocenters. The Balaban J connectivity index is 1.48. The topological polar surface area (TPSA) is 67.4 Å². The Bertz CT molecular complexity index is 814. The maximum Gasteiger partial charge on any atom is 0.324 e. The van der Waals surface area contributed by atoms with Gasteiger partial charge >= 0.3 is 6.03 Å². The number of amides is 2. The molecule has 8 heteroatoms. The van der Waals surface area contributed by atoms with Gasteiger partial charge in [-0.15, -0.1) is 11.3 Å². The standard InChI is InChI=1S/C17H18N4O2S2/c22-17(20-16-19-14-5-8-24-15(14)25-16)21(11-13-4-2-7-23-13)10-12-3-1-6-18-9-12/h1,3,5-6,8-9,13H,2,4,7,10-11H2,(H,19,20,22). The van der Waals surface area contributed by atoms with Crippen LogP contribution in [0.25, 0.3) is 9.53 Å². The summed E-state index contributed by atoms with van der Waals surface area (Å²) in [6, 6.07) is 5.67. The van der Waals surface area contributed by atoms with Crippen molar-refractivity contribution in [3.05, 3.63) is 41.5 Å². The first-order chi connectivity index (χ1) is 12.3. The summed E-state index contributed by atoms with van der Waals surface area (Å²) in [7, 11) is 0. The highest BCUT2D eigenvalue weighted by Crippen LogP contribution is 2.30. The van der Waals surface area contributed by atoms with Crippen LogP contribution >= 0.6 is 22.7 Å². The Labute approximate surface area is 153 Å². The zero-order chi connectivity index (χ0) is 17.1. The number of nitrogens with one attached hydrogen (secondary N) is 1. The monoisotopic (exact) mass is 374 g/mol. The molecule has 0 spiro atoms. The van der Waals surface area contributed by atoms with E-state index in [-0.39, 0.29) is 12.1 Å². The lowest BCUT2D eigenvalue weighted by atomic mass is 10.2. The molecule has 3 aromatic rings. The number of hydrogen-bond donors (Lipinski definition) is 1. The zero-order valence-electron chi connectivity index (χ0n) is 13.6. The molecule has 25 heavy (non-hydrogen) atoms. The fourth-order valence-corrected chi connectivity index (χ4v) is 4.68. The van der Waals surface area contributed by atoms with Gasteiger partial charge in [0.25, 0.3) is 0 Å². The maximum atomic E-state index is 12.8. The normalized spacial score (nSPS) is 17.0. The van der Waals surface area contributed by atoms with E-state index in [1.807, 2.05) is 23.6 Å². The third-order valence-electron chi connectivity index (χ3n) is 4.07. The minimum atomic E-state index is -0.152. The van der Waals surface area contributed by atoms with Crippen LogP contribution in [-0.4, -0.2) is 40.2 Å². The molecular weight excluding hydrogens is 356 g/mol. The molecule has 0 aliphatic carbocycles. The number of thiophene rings is 1. The molecule has 6 nitrogen and oxygen atoms in total. The van der Waals surface area contributed by atoms with E-state index in [4.69, 9.17) is 4.74 Å². The van der Waals surface area contributed by atoms with Crippen molar-refractivity contribution < 1.29 is 9.53 Å². The molecular formula is C17H18N4O2S2. The van der Waals surface area contributed by atoms with Crippen molar-refractivity contribution in [3.63, 3.8) is 0 Å². The second kappa shape index (κ2) is 7.47. The van der Waals surface area contributed by atoms with Gasteiger partial charge in [0.1, 0.15) is 4.01 Å². The van der Waals surface area contributed by atoms with Crippen LogP contribution in [0.4, 0.5) is 9.93 Å². The van der Waals surface area contributed by atoms with Crippen molar-refractivity contribution in [3.8, 4) is 0 Å². The summed E-state index contributed by atoms with van der Waals surface area (Å²) < 4.78 is 6.83. The number of thiazole rings is 1. The van der Waals surface area contributed by atoms with E-state index in [2.05, 4.69) is 15.3 Å². The van der Waals surface area contributed by atoms with E-state index in [1.165, 1.54) is 11.3 Å². The van der Waals surface area contributed by atoms with Crippen molar-refractivity contribution >= 4 is 43.4 Å². The summed E-state index contributed by atoms with van der Waals surface area (Å²) >= 11 is 3.14. The summed E-state index contributed by atoms with van der Waals surface area (Å²) in [6.07, 6.45) is 5.66. The molecule has 4 rings (SSSR count). The van der Waals surface area contributed by atoms with E-state index in [9.17, 15) is 4.79 Å². The summed E-state index contributed by atoms with van der Waals surface area (Å²) in [6.45, 7) is 1.84. The smallest absolute Gasteiger partial charge is 0.324 e. The van der Waals surface area contributed by atoms with Crippen LogP contribution < -0.4 is 5.32 Å². The number of hydrogen-bond acceptors (Lipinski definition) is 6. The van der Waals surface area contributed by atoms with Crippen molar-refractivity contribution in [2.75, 3.05) is 18.5 Å². The van der Waals surface area contributed by atoms with Gasteiger partial charge in [0.05, 0.1) is 11.6 Å². The number of rotatable bonds is 5. The second-order valence-corrected chi connectivity index (χ2v) is 8.09. The molecule has 0 bridgehead atoms. The first-order valence-electron chi connectivity index (χ1n) is 8.18. The number of carbonyl (C=O) groups excluding carboxylic acids is 1. The van der Waals surface area contributed by atoms with Gasteiger partial charge in [0.2, 0.25) is 0 Å². The van der Waals surface area contributed by atoms with Crippen LogP contribution in [0.5, 0.6) is 0 Å². The largest absolute Gasteiger partial charge is 0.376 e. The summed E-state index contributed by atoms with van der Waals surface area (Å²) in [5.41, 5.74) is 1.93. The lowest BCUT2D eigenvalue weighted by Crippen LogP contribution is -2.39. The Morgan fingerprint density at radius 1 is 1.44 bits per heavy atom. The predicted molar refractivity (Wildman–Crippen MR) is 100 cm³/mol. The van der Waals surface area contributed by atoms with Gasteiger partial charge in [0, 0.05) is 32.1 Å². The number of ether oxygens (including phenoxy) is 1. The molecule has 0 radical (unpaired) electrons. The average Bonchev–Trinajstić information content (AvgIpc) is 3.32. The molecule has 4 heterocycles. The van der Waals surface area contributed by atoms with E-state index >= 15 is 0 Å². The highest BCUT2D eigenvalue weighted by Gasteiger charge is 2.23. The van der Waals surface area contributed by atoms with Crippen molar-refractivity contribution in [1.29, 1.82) is 0 Å². The van der Waals surface area contributed by atoms with Crippen LogP contribution in [0, 0.1) is 0 Å². The minimum Gasteiger partial charge on any atom is -0.376 e. The molecule has 1 aliphatic heterocycles. The molecule has 1 N–H and O–H groups in total. The minimum absolute atomic E-state index is 0.0993. The molecule has 2 amide bonds. The molecule has 1 saturated heterocycles. The first-order valence-corrected chi connectivity index (χ1v) is 9.88. The predicted octanol–water partition coefficient (Wildman–Crippen LogP) is 3.97. The Morgan fingerprint density at radius 3 is 3.16 bits per heavy atom. The van der Waals surface area contributed by atoms with Crippen molar-refractivity contribution in [2.45, 2.75) is 25.5 Å². The lowest BCUT2D eigenvalue weighted by Gasteiger charge is -2.25. The van der Waals surface area contributed by atoms with Gasteiger partial charge in [-0.1, -0.05) is 17.4 Å². The summed E-state index contributed by atoms with van der Waals surface area (Å²) in [5.74, 6) is 0. The summed E-state index contributed by atoms with van der Waals surface area (Å²) in [4.78, 5) is 23.2. The molecule has 1 unspecified atom stereocenters. The van der Waals surface area contributed by atoms with E-state index < -0.39 is 0 Å². The number of pyridine rings is 1. The van der Waals surface area contributed by atoms with Gasteiger partial charge < -0.3 is 9.64 Å². The molecule has 1 aliphatic rings. The van der Waals surface area contributed by atoms with Gasteiger partial charge in [-0.2, -0.15) is 0 Å². The van der Waals surface area contributed by atoms with Gasteiger partial charge in [-0.3, -0.25) is 10.3 Å². The quantitative estimate of drug-likeness (QED) is 0.734. The second-order valence-electron chi connectivity index (χ2n) is 5.92. The SMILES string of the molecule is O=C(Nc1nc2ccsc2s1)N(Cc1cccnc1)CC1CCCO1. The molecule has 0 saturated carbocycles. The molecule has 1 fully saturated rings. The number of carbonyl (C=O) groups is 1. The highest BCUT2D eigenvalue weighted by atomic mass is 32.2. The van der Waals surface area contributed by atoms with E-state index in [0.717, 1.165) is 34.5 Å². The number of aromatic nitrogens is 2. The summed E-state index contributed by atoms with van der Waals surface area (Å²) in [5, 5.41) is 5.58. The van der Waals surface area contributed by atoms with Crippen molar-refractivity contribution in [2.24, 2.45) is 0 Å². The number of anilines is 1. The Kier molecular flexibility index (Phi) is 4.91. The van der Waals surface area contributed by atoms with Gasteiger partial charge in [0.15, 0.2) is 5.13 Å². The maximum absolute atomic E-state index is 12.8. The number of urea groups is 1. The van der Waals surface area contributed by atoms with Gasteiger partial charge in [-0.05, 0) is 35.9 Å². The molecule has 130 valence electrons. The highest BCUT2D eigenvalue weighted by molar-refractivity contribution is 7.39. The fraction of sp³-hybridized carbons (Fsp3) is 0.353. The van der Waals surface area contributed by atoms with Crippen molar-refractivity contribution in [1.82, 2.24) is 14.9 Å². The number of nitrogens with zero attached hydrogens (tertiary/aromatic N) is 3. The number of fused-ring (bicyclic) bond motifs is 1. The third-order valence-corrected chi connectivity index (χ3v) is 6.08. The zero-order valence-corrected chi connectivity index (χ0v) is 15.2. The lowest BCUT2D eigenvalue weighted by molar-refractivity contribution is 0.0819. The van der Waals surface area contributed by atoms with Gasteiger partial charge in [-0.25, -0.2) is 9.78 Å². The Hall–Kier alpha value is -2.03. The Morgan fingerprint density at radius 2 is 2.40 bits per heavy atom. The van der Waals surface area contributed by atoms with Crippen LogP contribution in [0.1, 0.15) is 18.4 Å². The van der Waals surface area contributed by atoms with E-state index in [1.54, 1.807) is 28.6 Å². The molecule has 3 aromatic heterocycles. The fourth-order valence-electron chi connectivity index (χ4n) is 2.86. The average molecular weight is 374 g/mol. The third kappa shape index (κ3) is 3.97. The van der Waals surface area contributed by atoms with Crippen LogP contribution in [0.3, 0.4) is 0 Å². The van der Waals surface area contributed by atoms with Crippen LogP contribution in [-0.2, 0) is 11.3 Å². The molecule has 0 aromatic carbocycles. The van der Waals surface area contributed by atoms with Crippen LogP contribution in [0.2, 0.25) is 0 Å². The van der Waals surface area contributed by atoms with E-state index in [0.29, 0.717) is 18.2 Å². The first kappa shape index (κ1) is 16.4. The van der Waals surface area contributed by atoms with Crippen LogP contribution in [0.15, 0.2) is 36.0 Å².